The lowest BCUT2D eigenvalue weighted by Gasteiger charge is -2.70. The van der Waals surface area contributed by atoms with Crippen LogP contribution < -0.4 is 5.32 Å². The third-order valence-electron chi connectivity index (χ3n) is 13.2. The Labute approximate surface area is 237 Å². The zero-order chi connectivity index (χ0) is 28.2. The van der Waals surface area contributed by atoms with Crippen LogP contribution in [-0.4, -0.2) is 47.5 Å². The Kier molecular flexibility index (Phi) is 6.12. The number of allylic oxidation sites excluding steroid dienone is 7. The Morgan fingerprint density at radius 3 is 2.31 bits per heavy atom. The Morgan fingerprint density at radius 1 is 0.949 bits per heavy atom. The van der Waals surface area contributed by atoms with Gasteiger partial charge in [0.05, 0.1) is 0 Å². The molecular weight excluding hydrogens is 480 g/mol. The predicted molar refractivity (Wildman–Crippen MR) is 159 cm³/mol. The molecule has 5 aliphatic carbocycles. The number of nitrogens with one attached hydrogen (secondary N) is 1. The molecule has 1 heterocycles. The average molecular weight is 533 g/mol. The molecule has 1 aliphatic heterocycles. The number of aliphatic hydroxyl groups is 1. The summed E-state index contributed by atoms with van der Waals surface area (Å²) in [5.74, 6) is 0.390. The van der Waals surface area contributed by atoms with Crippen molar-refractivity contribution >= 4 is 5.78 Å². The van der Waals surface area contributed by atoms with Crippen LogP contribution in [0, 0.1) is 33.0 Å². The number of hydrogen-bond acceptors (Lipinski definition) is 4. The summed E-state index contributed by atoms with van der Waals surface area (Å²) in [7, 11) is 0. The van der Waals surface area contributed by atoms with E-state index in [9.17, 15) is 9.90 Å². The lowest BCUT2D eigenvalue weighted by atomic mass is 9.34. The van der Waals surface area contributed by atoms with Crippen LogP contribution in [0.5, 0.6) is 0 Å². The number of fused-ring (bicyclic) bond motifs is 7. The summed E-state index contributed by atoms with van der Waals surface area (Å²) < 4.78 is 0. The molecule has 3 saturated carbocycles. The Bertz CT molecular complexity index is 1210. The largest absolute Gasteiger partial charge is 0.504 e. The fourth-order valence-corrected chi connectivity index (χ4v) is 10.8. The summed E-state index contributed by atoms with van der Waals surface area (Å²) in [6.45, 7) is 22.9. The highest BCUT2D eigenvalue weighted by atomic mass is 16.3. The standard InChI is InChI=1S/C35H52N2O2/c1-22-19-37(20-23(2)36-22)21-31(4)11-12-32(5)13-15-34(7)28-10-9-25-24(3)30(39)27(38)17-26(25)33(28,6)14-16-35(34,8)29(32)18-31/h9-10,17,22-23,29,36,39H,11-16,18-21H2,1-8H3/t22?,23?,29-,31-,32-,33+,34-,35+/m1/s1. The topological polar surface area (TPSA) is 52.6 Å². The molecule has 6 rings (SSSR count). The molecule has 8 atom stereocenters. The molecule has 4 fully saturated rings. The number of carbonyl (C=O) groups excluding carboxylic acids is 1. The van der Waals surface area contributed by atoms with Crippen LogP contribution in [0.3, 0.4) is 0 Å². The number of piperazine rings is 1. The van der Waals surface area contributed by atoms with Gasteiger partial charge in [-0.25, -0.2) is 0 Å². The molecule has 2 N–H and O–H groups in total. The summed E-state index contributed by atoms with van der Waals surface area (Å²) in [5, 5.41) is 14.1. The number of hydrogen-bond donors (Lipinski definition) is 2. The second-order valence-electron chi connectivity index (χ2n) is 16.0. The first-order chi connectivity index (χ1) is 18.1. The van der Waals surface area contributed by atoms with Crippen molar-refractivity contribution in [2.45, 2.75) is 112 Å². The summed E-state index contributed by atoms with van der Waals surface area (Å²) in [6, 6.07) is 1.13. The van der Waals surface area contributed by atoms with Crippen molar-refractivity contribution < 1.29 is 9.90 Å². The van der Waals surface area contributed by atoms with E-state index in [0.717, 1.165) is 36.2 Å². The summed E-state index contributed by atoms with van der Waals surface area (Å²) in [4.78, 5) is 15.5. The van der Waals surface area contributed by atoms with Crippen LogP contribution in [0.4, 0.5) is 0 Å². The smallest absolute Gasteiger partial charge is 0.220 e. The average Bonchev–Trinajstić information content (AvgIpc) is 2.85. The first kappa shape index (κ1) is 27.5. The van der Waals surface area contributed by atoms with Gasteiger partial charge in [0.25, 0.3) is 0 Å². The predicted octanol–water partition coefficient (Wildman–Crippen LogP) is 7.30. The van der Waals surface area contributed by atoms with Crippen molar-refractivity contribution in [3.63, 3.8) is 0 Å². The van der Waals surface area contributed by atoms with Crippen molar-refractivity contribution in [2.75, 3.05) is 19.6 Å². The lowest BCUT2D eigenvalue weighted by molar-refractivity contribution is -0.164. The Morgan fingerprint density at radius 2 is 1.62 bits per heavy atom. The zero-order valence-corrected chi connectivity index (χ0v) is 25.8. The van der Waals surface area contributed by atoms with Crippen LogP contribution in [0.15, 0.2) is 46.3 Å². The van der Waals surface area contributed by atoms with Crippen LogP contribution in [-0.2, 0) is 4.79 Å². The van der Waals surface area contributed by atoms with E-state index >= 15 is 0 Å². The summed E-state index contributed by atoms with van der Waals surface area (Å²) in [6.07, 6.45) is 15.2. The van der Waals surface area contributed by atoms with Gasteiger partial charge in [-0.1, -0.05) is 52.3 Å². The number of aliphatic hydroxyl groups excluding tert-OH is 1. The van der Waals surface area contributed by atoms with E-state index in [1.807, 2.05) is 6.92 Å². The van der Waals surface area contributed by atoms with Crippen LogP contribution in [0.25, 0.3) is 0 Å². The fourth-order valence-electron chi connectivity index (χ4n) is 10.8. The maximum absolute atomic E-state index is 12.8. The first-order valence-electron chi connectivity index (χ1n) is 15.7. The van der Waals surface area contributed by atoms with Gasteiger partial charge in [-0.2, -0.15) is 0 Å². The van der Waals surface area contributed by atoms with Crippen molar-refractivity contribution in [3.05, 3.63) is 46.3 Å². The van der Waals surface area contributed by atoms with Gasteiger partial charge in [-0.3, -0.25) is 9.69 Å². The SMILES string of the molecule is CC1=C(O)C(=O)C=C2C1=CC=C1[C@@]2(C)CC[C@@]2(C)[C@@H]3C[C@](C)(CN4CC(C)NC(C)C4)CC[C@]3(C)CC[C@]12C. The van der Waals surface area contributed by atoms with Crippen molar-refractivity contribution in [2.24, 2.45) is 33.0 Å². The molecule has 0 aromatic rings. The van der Waals surface area contributed by atoms with Crippen molar-refractivity contribution in [3.8, 4) is 0 Å². The Hall–Kier alpha value is -1.65. The zero-order valence-electron chi connectivity index (χ0n) is 25.8. The molecule has 0 spiro atoms. The van der Waals surface area contributed by atoms with Gasteiger partial charge in [0.15, 0.2) is 5.76 Å². The molecular formula is C35H52N2O2. The second kappa shape index (κ2) is 8.68. The monoisotopic (exact) mass is 532 g/mol. The van der Waals surface area contributed by atoms with Gasteiger partial charge in [-0.05, 0) is 111 Å². The number of carbonyl (C=O) groups is 1. The number of rotatable bonds is 2. The molecule has 214 valence electrons. The molecule has 0 aromatic heterocycles. The molecule has 39 heavy (non-hydrogen) atoms. The van der Waals surface area contributed by atoms with E-state index in [4.69, 9.17) is 0 Å². The normalized spacial score (nSPS) is 48.3. The van der Waals surface area contributed by atoms with Crippen LogP contribution in [0.1, 0.15) is 100 Å². The minimum absolute atomic E-state index is 0.0829. The van der Waals surface area contributed by atoms with Gasteiger partial charge < -0.3 is 10.4 Å². The molecule has 1 saturated heterocycles. The molecule has 0 bridgehead atoms. The number of nitrogens with zero attached hydrogens (tertiary/aromatic N) is 1. The van der Waals surface area contributed by atoms with Crippen molar-refractivity contribution in [1.29, 1.82) is 0 Å². The Balaban J connectivity index is 1.36. The van der Waals surface area contributed by atoms with Gasteiger partial charge in [-0.15, -0.1) is 0 Å². The van der Waals surface area contributed by atoms with Gasteiger partial charge >= 0.3 is 0 Å². The third-order valence-corrected chi connectivity index (χ3v) is 13.2. The quantitative estimate of drug-likeness (QED) is 0.392. The molecule has 0 amide bonds. The molecule has 0 aromatic carbocycles. The molecule has 0 radical (unpaired) electrons. The minimum Gasteiger partial charge on any atom is -0.504 e. The molecule has 6 aliphatic rings. The highest BCUT2D eigenvalue weighted by Crippen LogP contribution is 2.75. The van der Waals surface area contributed by atoms with Gasteiger partial charge in [0.1, 0.15) is 0 Å². The van der Waals surface area contributed by atoms with E-state index in [-0.39, 0.29) is 27.8 Å². The van der Waals surface area contributed by atoms with Crippen LogP contribution in [0.2, 0.25) is 0 Å². The maximum Gasteiger partial charge on any atom is 0.220 e. The van der Waals surface area contributed by atoms with Crippen LogP contribution >= 0.6 is 0 Å². The molecule has 2 unspecified atom stereocenters. The van der Waals surface area contributed by atoms with E-state index < -0.39 is 0 Å². The highest BCUT2D eigenvalue weighted by Gasteiger charge is 2.66. The highest BCUT2D eigenvalue weighted by molar-refractivity contribution is 6.06. The third kappa shape index (κ3) is 3.86. The van der Waals surface area contributed by atoms with Gasteiger partial charge in [0, 0.05) is 42.7 Å². The van der Waals surface area contributed by atoms with E-state index in [2.05, 4.69) is 70.8 Å². The molecule has 4 nitrogen and oxygen atoms in total. The van der Waals surface area contributed by atoms with Crippen molar-refractivity contribution in [1.82, 2.24) is 10.2 Å². The summed E-state index contributed by atoms with van der Waals surface area (Å²) in [5.41, 5.74) is 5.45. The fraction of sp³-hybridized carbons (Fsp3) is 0.743. The summed E-state index contributed by atoms with van der Waals surface area (Å²) >= 11 is 0. The lowest BCUT2D eigenvalue weighted by Crippen LogP contribution is -2.63. The maximum atomic E-state index is 12.8. The van der Waals surface area contributed by atoms with E-state index in [0.29, 0.717) is 28.8 Å². The van der Waals surface area contributed by atoms with E-state index in [1.165, 1.54) is 45.1 Å². The van der Waals surface area contributed by atoms with Gasteiger partial charge in [0.2, 0.25) is 5.78 Å². The first-order valence-corrected chi connectivity index (χ1v) is 15.7. The van der Waals surface area contributed by atoms with E-state index in [1.54, 1.807) is 11.6 Å². The minimum atomic E-state index is -0.226. The second-order valence-corrected chi connectivity index (χ2v) is 16.0. The number of ketones is 1. The molecule has 4 heteroatoms.